The van der Waals surface area contributed by atoms with Crippen LogP contribution in [0.5, 0.6) is 11.5 Å². The molecule has 1 atom stereocenters. The predicted octanol–water partition coefficient (Wildman–Crippen LogP) is 1.08. The molecule has 1 aromatic carbocycles. The molecular formula is C14H20N2O4. The molecule has 0 heterocycles. The van der Waals surface area contributed by atoms with Gasteiger partial charge in [0.25, 0.3) is 5.91 Å². The van der Waals surface area contributed by atoms with E-state index in [0.717, 1.165) is 6.07 Å². The highest BCUT2D eigenvalue weighted by Gasteiger charge is 2.20. The summed E-state index contributed by atoms with van der Waals surface area (Å²) in [5.41, 5.74) is 0.0988. The quantitative estimate of drug-likeness (QED) is 0.753. The Balaban J connectivity index is 2.77. The van der Waals surface area contributed by atoms with Gasteiger partial charge in [-0.3, -0.25) is 9.59 Å². The van der Waals surface area contributed by atoms with Crippen LogP contribution in [-0.2, 0) is 4.79 Å². The fourth-order valence-electron chi connectivity index (χ4n) is 1.88. The summed E-state index contributed by atoms with van der Waals surface area (Å²) < 4.78 is 0. The first-order valence-electron chi connectivity index (χ1n) is 6.51. The number of phenolic OH excluding ortho intramolecular Hbond substituents is 2. The van der Waals surface area contributed by atoms with Crippen LogP contribution in [0.2, 0.25) is 0 Å². The monoisotopic (exact) mass is 280 g/mol. The lowest BCUT2D eigenvalue weighted by Gasteiger charge is -2.23. The number of phenols is 2. The van der Waals surface area contributed by atoms with E-state index in [1.807, 2.05) is 13.8 Å². The Morgan fingerprint density at radius 1 is 1.15 bits per heavy atom. The molecule has 3 N–H and O–H groups in total. The smallest absolute Gasteiger partial charge is 0.252 e. The first-order chi connectivity index (χ1) is 9.38. The van der Waals surface area contributed by atoms with E-state index < -0.39 is 11.9 Å². The van der Waals surface area contributed by atoms with Crippen LogP contribution in [0.4, 0.5) is 0 Å². The third kappa shape index (κ3) is 3.88. The van der Waals surface area contributed by atoms with Crippen molar-refractivity contribution in [3.63, 3.8) is 0 Å². The summed E-state index contributed by atoms with van der Waals surface area (Å²) >= 11 is 0. The second-order valence-corrected chi connectivity index (χ2v) is 4.44. The largest absolute Gasteiger partial charge is 0.508 e. The highest BCUT2D eigenvalue weighted by atomic mass is 16.3. The molecule has 0 spiro atoms. The van der Waals surface area contributed by atoms with Crippen molar-refractivity contribution in [3.05, 3.63) is 23.8 Å². The maximum Gasteiger partial charge on any atom is 0.252 e. The van der Waals surface area contributed by atoms with E-state index >= 15 is 0 Å². The molecule has 0 saturated carbocycles. The molecule has 0 aromatic heterocycles. The lowest BCUT2D eigenvalue weighted by Crippen LogP contribution is -2.46. The van der Waals surface area contributed by atoms with Crippen molar-refractivity contribution in [1.29, 1.82) is 0 Å². The minimum Gasteiger partial charge on any atom is -0.508 e. The zero-order valence-corrected chi connectivity index (χ0v) is 11.9. The van der Waals surface area contributed by atoms with E-state index in [-0.39, 0.29) is 23.0 Å². The average Bonchev–Trinajstić information content (AvgIpc) is 2.38. The first-order valence-corrected chi connectivity index (χ1v) is 6.51. The summed E-state index contributed by atoms with van der Waals surface area (Å²) in [6, 6.07) is 2.90. The van der Waals surface area contributed by atoms with Gasteiger partial charge in [-0.1, -0.05) is 0 Å². The van der Waals surface area contributed by atoms with Gasteiger partial charge in [-0.15, -0.1) is 0 Å². The van der Waals surface area contributed by atoms with Crippen LogP contribution in [0, 0.1) is 0 Å². The molecule has 110 valence electrons. The number of carbonyl (C=O) groups is 2. The molecule has 0 fully saturated rings. The minimum absolute atomic E-state index is 0.0988. The van der Waals surface area contributed by atoms with Crippen molar-refractivity contribution < 1.29 is 19.8 Å². The molecule has 0 aliphatic heterocycles. The molecule has 0 aliphatic rings. The van der Waals surface area contributed by atoms with Crippen LogP contribution in [0.15, 0.2) is 18.2 Å². The number of likely N-dealkylation sites (N-methyl/N-ethyl adjacent to an activating group) is 1. The van der Waals surface area contributed by atoms with Crippen molar-refractivity contribution in [2.75, 3.05) is 13.1 Å². The van der Waals surface area contributed by atoms with Crippen molar-refractivity contribution in [2.24, 2.45) is 0 Å². The molecule has 0 aliphatic carbocycles. The molecule has 6 heteroatoms. The number of hydrogen-bond donors (Lipinski definition) is 3. The first kappa shape index (κ1) is 15.8. The number of carbonyl (C=O) groups excluding carboxylic acids is 2. The second-order valence-electron chi connectivity index (χ2n) is 4.44. The highest BCUT2D eigenvalue weighted by molar-refractivity contribution is 5.98. The van der Waals surface area contributed by atoms with Crippen molar-refractivity contribution >= 4 is 11.8 Å². The van der Waals surface area contributed by atoms with Gasteiger partial charge in [0, 0.05) is 24.7 Å². The summed E-state index contributed by atoms with van der Waals surface area (Å²) in [5, 5.41) is 21.2. The van der Waals surface area contributed by atoms with Crippen molar-refractivity contribution in [2.45, 2.75) is 26.8 Å². The summed E-state index contributed by atoms with van der Waals surface area (Å²) in [6.45, 7) is 6.47. The number of benzene rings is 1. The van der Waals surface area contributed by atoms with Gasteiger partial charge in [0.2, 0.25) is 5.91 Å². The third-order valence-corrected chi connectivity index (χ3v) is 2.96. The molecule has 20 heavy (non-hydrogen) atoms. The maximum atomic E-state index is 12.0. The molecule has 0 bridgehead atoms. The predicted molar refractivity (Wildman–Crippen MR) is 74.6 cm³/mol. The van der Waals surface area contributed by atoms with Crippen molar-refractivity contribution in [3.8, 4) is 11.5 Å². The standard InChI is InChI=1S/C14H20N2O4/c1-4-16(5-2)14(20)9(3)15-13(19)10-6-11(17)8-12(18)7-10/h6-9,17-18H,4-5H2,1-3H3,(H,15,19). The van der Waals surface area contributed by atoms with Crippen LogP contribution in [0.25, 0.3) is 0 Å². The number of hydrogen-bond acceptors (Lipinski definition) is 4. The normalized spacial score (nSPS) is 11.8. The van der Waals surface area contributed by atoms with Crippen molar-refractivity contribution in [1.82, 2.24) is 10.2 Å². The molecule has 1 aromatic rings. The minimum atomic E-state index is -0.674. The van der Waals surface area contributed by atoms with Crippen LogP contribution in [-0.4, -0.2) is 46.1 Å². The van der Waals surface area contributed by atoms with E-state index in [4.69, 9.17) is 0 Å². The Morgan fingerprint density at radius 3 is 2.10 bits per heavy atom. The summed E-state index contributed by atoms with van der Waals surface area (Å²) in [7, 11) is 0. The fourth-order valence-corrected chi connectivity index (χ4v) is 1.88. The molecule has 2 amide bonds. The van der Waals surface area contributed by atoms with Gasteiger partial charge in [-0.25, -0.2) is 0 Å². The van der Waals surface area contributed by atoms with E-state index in [2.05, 4.69) is 5.32 Å². The number of nitrogens with one attached hydrogen (secondary N) is 1. The SMILES string of the molecule is CCN(CC)C(=O)C(C)NC(=O)c1cc(O)cc(O)c1. The number of nitrogens with zero attached hydrogens (tertiary/aromatic N) is 1. The van der Waals surface area contributed by atoms with Gasteiger partial charge in [0.05, 0.1) is 0 Å². The summed E-state index contributed by atoms with van der Waals surface area (Å²) in [6.07, 6.45) is 0. The van der Waals surface area contributed by atoms with Gasteiger partial charge in [-0.05, 0) is 32.9 Å². The van der Waals surface area contributed by atoms with Gasteiger partial charge in [-0.2, -0.15) is 0 Å². The molecule has 0 radical (unpaired) electrons. The van der Waals surface area contributed by atoms with Gasteiger partial charge >= 0.3 is 0 Å². The topological polar surface area (TPSA) is 89.9 Å². The van der Waals surface area contributed by atoms with Crippen LogP contribution >= 0.6 is 0 Å². The van der Waals surface area contributed by atoms with E-state index in [1.54, 1.807) is 11.8 Å². The summed E-state index contributed by atoms with van der Waals surface area (Å²) in [4.78, 5) is 25.6. The molecule has 1 unspecified atom stereocenters. The van der Waals surface area contributed by atoms with Gasteiger partial charge in [0.15, 0.2) is 0 Å². The molecular weight excluding hydrogens is 260 g/mol. The average molecular weight is 280 g/mol. The zero-order valence-electron chi connectivity index (χ0n) is 11.9. The Bertz CT molecular complexity index is 478. The summed E-state index contributed by atoms with van der Waals surface area (Å²) in [5.74, 6) is -1.12. The number of amides is 2. The Kier molecular flexibility index (Phi) is 5.37. The van der Waals surface area contributed by atoms with E-state index in [1.165, 1.54) is 12.1 Å². The van der Waals surface area contributed by atoms with Gasteiger partial charge < -0.3 is 20.4 Å². The van der Waals surface area contributed by atoms with Crippen LogP contribution < -0.4 is 5.32 Å². The Hall–Kier alpha value is -2.24. The fraction of sp³-hybridized carbons (Fsp3) is 0.429. The molecule has 1 rings (SSSR count). The Morgan fingerprint density at radius 2 is 1.65 bits per heavy atom. The Labute approximate surface area is 118 Å². The molecule has 6 nitrogen and oxygen atoms in total. The second kappa shape index (κ2) is 6.79. The highest BCUT2D eigenvalue weighted by Crippen LogP contribution is 2.20. The van der Waals surface area contributed by atoms with Crippen LogP contribution in [0.3, 0.4) is 0 Å². The van der Waals surface area contributed by atoms with Gasteiger partial charge in [0.1, 0.15) is 17.5 Å². The van der Waals surface area contributed by atoms with E-state index in [0.29, 0.717) is 13.1 Å². The van der Waals surface area contributed by atoms with E-state index in [9.17, 15) is 19.8 Å². The number of rotatable bonds is 5. The third-order valence-electron chi connectivity index (χ3n) is 2.96. The molecule has 0 saturated heterocycles. The lowest BCUT2D eigenvalue weighted by atomic mass is 10.1. The zero-order chi connectivity index (χ0) is 15.3. The maximum absolute atomic E-state index is 12.0. The number of aromatic hydroxyl groups is 2. The van der Waals surface area contributed by atoms with Crippen LogP contribution in [0.1, 0.15) is 31.1 Å². The lowest BCUT2D eigenvalue weighted by molar-refractivity contribution is -0.132.